The molecule has 1 aromatic heterocycles. The first-order valence-corrected chi connectivity index (χ1v) is 9.00. The zero-order valence-electron chi connectivity index (χ0n) is 15.2. The van der Waals surface area contributed by atoms with Crippen LogP contribution in [0.2, 0.25) is 0 Å². The molecular weight excluding hydrogens is 366 g/mol. The van der Waals surface area contributed by atoms with Gasteiger partial charge in [0, 0.05) is 0 Å². The summed E-state index contributed by atoms with van der Waals surface area (Å²) < 4.78 is 7.04. The molecule has 1 aromatic carbocycles. The lowest BCUT2D eigenvalue weighted by Crippen LogP contribution is -2.37. The Balaban J connectivity index is 1.53. The first-order valence-electron chi connectivity index (χ1n) is 9.00. The molecule has 4 unspecified atom stereocenters. The molecule has 10 nitrogen and oxygen atoms in total. The molecule has 2 aliphatic heterocycles. The van der Waals surface area contributed by atoms with Crippen molar-refractivity contribution in [2.45, 2.75) is 43.7 Å². The number of aliphatic hydroxyl groups is 3. The SMILES string of the molecule is CC(ON1C=Nc2c(ncn2[C@@H]2O[C@H](CO)C(O)C2O)C1N)c1ccccc1. The van der Waals surface area contributed by atoms with Crippen LogP contribution in [0.25, 0.3) is 0 Å². The minimum absolute atomic E-state index is 0.247. The molecule has 2 aromatic rings. The van der Waals surface area contributed by atoms with E-state index in [-0.39, 0.29) is 6.10 Å². The van der Waals surface area contributed by atoms with Crippen molar-refractivity contribution in [2.75, 3.05) is 6.61 Å². The van der Waals surface area contributed by atoms with Gasteiger partial charge in [0.25, 0.3) is 0 Å². The maximum Gasteiger partial charge on any atom is 0.165 e. The van der Waals surface area contributed by atoms with Crippen molar-refractivity contribution in [3.63, 3.8) is 0 Å². The van der Waals surface area contributed by atoms with Crippen molar-refractivity contribution in [2.24, 2.45) is 10.7 Å². The Labute approximate surface area is 161 Å². The van der Waals surface area contributed by atoms with E-state index in [4.69, 9.17) is 15.3 Å². The number of aliphatic imine (C=N–C) groups is 1. The van der Waals surface area contributed by atoms with Crippen LogP contribution in [0, 0.1) is 0 Å². The van der Waals surface area contributed by atoms with Crippen molar-refractivity contribution in [1.82, 2.24) is 14.6 Å². The second-order valence-electron chi connectivity index (χ2n) is 6.80. The standard InChI is InChI=1S/C18H23N5O5/c1-10(11-5-3-2-4-6-11)28-23-9-21-17-13(16(23)19)20-8-22(17)18-15(26)14(25)12(7-24)27-18/h2-6,8-10,12,14-16,18,24-26H,7,19H2,1H3/t10?,12-,14?,15?,16?,18-/m1/s1. The lowest BCUT2D eigenvalue weighted by molar-refractivity contribution is -0.165. The summed E-state index contributed by atoms with van der Waals surface area (Å²) in [6, 6.07) is 9.71. The molecule has 10 heteroatoms. The van der Waals surface area contributed by atoms with Crippen molar-refractivity contribution >= 4 is 12.2 Å². The molecule has 1 fully saturated rings. The van der Waals surface area contributed by atoms with Crippen molar-refractivity contribution < 1.29 is 24.9 Å². The Morgan fingerprint density at radius 1 is 1.25 bits per heavy atom. The van der Waals surface area contributed by atoms with E-state index in [1.165, 1.54) is 22.3 Å². The molecule has 0 amide bonds. The van der Waals surface area contributed by atoms with E-state index in [9.17, 15) is 15.3 Å². The number of imidazole rings is 1. The zero-order chi connectivity index (χ0) is 19.8. The Kier molecular flexibility index (Phi) is 5.15. The topological polar surface area (TPSA) is 139 Å². The van der Waals surface area contributed by atoms with Gasteiger partial charge in [-0.3, -0.25) is 9.40 Å². The van der Waals surface area contributed by atoms with E-state index < -0.39 is 37.3 Å². The van der Waals surface area contributed by atoms with Crippen LogP contribution in [0.15, 0.2) is 41.7 Å². The molecule has 1 saturated heterocycles. The largest absolute Gasteiger partial charge is 0.394 e. The molecule has 2 aliphatic rings. The van der Waals surface area contributed by atoms with Crippen LogP contribution >= 0.6 is 0 Å². The normalized spacial score (nSPS) is 30.5. The van der Waals surface area contributed by atoms with Gasteiger partial charge in [-0.15, -0.1) is 0 Å². The number of nitrogens with two attached hydrogens (primary N) is 1. The highest BCUT2D eigenvalue weighted by Crippen LogP contribution is 2.37. The third-order valence-electron chi connectivity index (χ3n) is 4.98. The molecule has 3 heterocycles. The summed E-state index contributed by atoms with van der Waals surface area (Å²) in [7, 11) is 0. The summed E-state index contributed by atoms with van der Waals surface area (Å²) in [5, 5.41) is 30.9. The van der Waals surface area contributed by atoms with Crippen LogP contribution in [-0.4, -0.2) is 61.2 Å². The first kappa shape index (κ1) is 19.0. The van der Waals surface area contributed by atoms with Gasteiger partial charge in [0.1, 0.15) is 36.4 Å². The monoisotopic (exact) mass is 389 g/mol. The molecular formula is C18H23N5O5. The summed E-state index contributed by atoms with van der Waals surface area (Å²) in [5.74, 6) is 0.398. The number of rotatable bonds is 5. The quantitative estimate of drug-likeness (QED) is 0.566. The van der Waals surface area contributed by atoms with E-state index in [0.717, 1.165) is 5.56 Å². The minimum Gasteiger partial charge on any atom is -0.394 e. The van der Waals surface area contributed by atoms with Gasteiger partial charge in [-0.25, -0.2) is 15.0 Å². The Morgan fingerprint density at radius 2 is 2.00 bits per heavy atom. The van der Waals surface area contributed by atoms with E-state index in [1.807, 2.05) is 37.3 Å². The first-order chi connectivity index (χ1) is 13.5. The van der Waals surface area contributed by atoms with Crippen molar-refractivity contribution in [1.29, 1.82) is 0 Å². The molecule has 0 aliphatic carbocycles. The van der Waals surface area contributed by atoms with Crippen LogP contribution in [0.1, 0.15) is 36.7 Å². The maximum atomic E-state index is 10.2. The highest BCUT2D eigenvalue weighted by atomic mass is 16.7. The van der Waals surface area contributed by atoms with Gasteiger partial charge < -0.3 is 25.8 Å². The molecule has 150 valence electrons. The second-order valence-corrected chi connectivity index (χ2v) is 6.80. The van der Waals surface area contributed by atoms with Gasteiger partial charge in [0.05, 0.1) is 12.9 Å². The average molecular weight is 389 g/mol. The number of fused-ring (bicyclic) bond motifs is 1. The Morgan fingerprint density at radius 3 is 2.68 bits per heavy atom. The van der Waals surface area contributed by atoms with Gasteiger partial charge in [0.15, 0.2) is 18.2 Å². The number of hydrogen-bond donors (Lipinski definition) is 4. The van der Waals surface area contributed by atoms with Crippen LogP contribution in [0.3, 0.4) is 0 Å². The molecule has 0 radical (unpaired) electrons. The number of benzene rings is 1. The van der Waals surface area contributed by atoms with Gasteiger partial charge in [0.2, 0.25) is 0 Å². The average Bonchev–Trinajstić information content (AvgIpc) is 3.26. The second kappa shape index (κ2) is 7.59. The Bertz CT molecular complexity index is 844. The van der Waals surface area contributed by atoms with Gasteiger partial charge >= 0.3 is 0 Å². The van der Waals surface area contributed by atoms with Gasteiger partial charge in [-0.1, -0.05) is 30.3 Å². The van der Waals surface area contributed by atoms with E-state index in [0.29, 0.717) is 11.5 Å². The number of aliphatic hydroxyl groups excluding tert-OH is 3. The summed E-state index contributed by atoms with van der Waals surface area (Å²) in [6.45, 7) is 1.50. The molecule has 0 spiro atoms. The van der Waals surface area contributed by atoms with Gasteiger partial charge in [-0.2, -0.15) is 0 Å². The third-order valence-corrected chi connectivity index (χ3v) is 4.98. The number of nitrogens with zero attached hydrogens (tertiary/aromatic N) is 4. The van der Waals surface area contributed by atoms with Crippen LogP contribution in [0.4, 0.5) is 5.82 Å². The van der Waals surface area contributed by atoms with E-state index in [2.05, 4.69) is 9.98 Å². The lowest BCUT2D eigenvalue weighted by atomic mass is 10.1. The number of ether oxygens (including phenoxy) is 1. The molecule has 6 atom stereocenters. The van der Waals surface area contributed by atoms with E-state index in [1.54, 1.807) is 0 Å². The molecule has 4 rings (SSSR count). The smallest absolute Gasteiger partial charge is 0.165 e. The van der Waals surface area contributed by atoms with Gasteiger partial charge in [-0.05, 0) is 12.5 Å². The summed E-state index contributed by atoms with van der Waals surface area (Å²) in [5.41, 5.74) is 7.72. The van der Waals surface area contributed by atoms with Crippen LogP contribution in [-0.2, 0) is 9.57 Å². The lowest BCUT2D eigenvalue weighted by Gasteiger charge is -2.30. The molecule has 0 saturated carbocycles. The van der Waals surface area contributed by atoms with Crippen molar-refractivity contribution in [3.8, 4) is 0 Å². The highest BCUT2D eigenvalue weighted by molar-refractivity contribution is 5.64. The molecule has 0 bridgehead atoms. The van der Waals surface area contributed by atoms with Crippen molar-refractivity contribution in [3.05, 3.63) is 47.9 Å². The minimum atomic E-state index is -1.23. The predicted molar refractivity (Wildman–Crippen MR) is 98.1 cm³/mol. The van der Waals surface area contributed by atoms with Crippen LogP contribution in [0.5, 0.6) is 0 Å². The summed E-state index contributed by atoms with van der Waals surface area (Å²) >= 11 is 0. The molecule has 28 heavy (non-hydrogen) atoms. The highest BCUT2D eigenvalue weighted by Gasteiger charge is 2.45. The zero-order valence-corrected chi connectivity index (χ0v) is 15.2. The number of aromatic nitrogens is 2. The Hall–Kier alpha value is -2.34. The fraction of sp³-hybridized carbons (Fsp3) is 0.444. The maximum absolute atomic E-state index is 10.2. The fourth-order valence-corrected chi connectivity index (χ4v) is 3.37. The predicted octanol–water partition coefficient (Wildman–Crippen LogP) is 0.120. The molecule has 5 N–H and O–H groups in total. The third kappa shape index (κ3) is 3.20. The number of hydroxylamine groups is 2. The van der Waals surface area contributed by atoms with E-state index >= 15 is 0 Å². The fourth-order valence-electron chi connectivity index (χ4n) is 3.37. The summed E-state index contributed by atoms with van der Waals surface area (Å²) in [4.78, 5) is 14.5. The van der Waals surface area contributed by atoms with Crippen LogP contribution < -0.4 is 5.73 Å². The summed E-state index contributed by atoms with van der Waals surface area (Å²) in [6.07, 6.45) is -2.32. The number of hydrogen-bond acceptors (Lipinski definition) is 9.